The summed E-state index contributed by atoms with van der Waals surface area (Å²) in [5.41, 5.74) is -1.22. The lowest BCUT2D eigenvalue weighted by Crippen LogP contribution is -2.40. The molecule has 0 aromatic carbocycles. The summed E-state index contributed by atoms with van der Waals surface area (Å²) in [5.74, 6) is 1.61. The van der Waals surface area contributed by atoms with Crippen LogP contribution >= 0.6 is 0 Å². The lowest BCUT2D eigenvalue weighted by molar-refractivity contribution is 0.465. The normalized spacial score (nSPS) is 12.0. The molecule has 0 saturated heterocycles. The number of anilines is 1. The summed E-state index contributed by atoms with van der Waals surface area (Å²) in [7, 11) is 2.85. The molecule has 0 radical (unpaired) electrons. The van der Waals surface area contributed by atoms with Crippen LogP contribution in [0.4, 0.5) is 5.82 Å². The van der Waals surface area contributed by atoms with Gasteiger partial charge in [-0.05, 0) is 26.0 Å². The second-order valence-corrected chi connectivity index (χ2v) is 4.86. The van der Waals surface area contributed by atoms with Gasteiger partial charge in [-0.1, -0.05) is 0 Å². The fraction of sp³-hybridized carbons (Fsp3) is 0.357. The van der Waals surface area contributed by atoms with E-state index >= 15 is 0 Å². The zero-order valence-corrected chi connectivity index (χ0v) is 12.3. The van der Waals surface area contributed by atoms with Crippen molar-refractivity contribution in [1.82, 2.24) is 9.13 Å². The molecule has 7 nitrogen and oxygen atoms in total. The van der Waals surface area contributed by atoms with Crippen LogP contribution in [0.25, 0.3) is 0 Å². The highest BCUT2D eigenvalue weighted by molar-refractivity contribution is 5.52. The molecular formula is C14H16N4O3. The zero-order chi connectivity index (χ0) is 15.7. The number of rotatable bonds is 3. The van der Waals surface area contributed by atoms with Crippen LogP contribution in [0.3, 0.4) is 0 Å². The Hall–Kier alpha value is -2.75. The van der Waals surface area contributed by atoms with Crippen molar-refractivity contribution >= 4 is 5.82 Å². The van der Waals surface area contributed by atoms with Gasteiger partial charge in [-0.15, -0.1) is 0 Å². The number of hydrogen-bond donors (Lipinski definition) is 1. The maximum absolute atomic E-state index is 12.0. The van der Waals surface area contributed by atoms with Crippen molar-refractivity contribution in [1.29, 1.82) is 5.26 Å². The molecule has 2 aromatic rings. The van der Waals surface area contributed by atoms with Gasteiger partial charge in [0.05, 0.1) is 6.04 Å². The van der Waals surface area contributed by atoms with Gasteiger partial charge in [0.1, 0.15) is 23.4 Å². The van der Waals surface area contributed by atoms with E-state index in [0.717, 1.165) is 10.3 Å². The lowest BCUT2D eigenvalue weighted by atomic mass is 10.2. The summed E-state index contributed by atoms with van der Waals surface area (Å²) in [6.07, 6.45) is 0. The van der Waals surface area contributed by atoms with Crippen LogP contribution < -0.4 is 16.6 Å². The van der Waals surface area contributed by atoms with Gasteiger partial charge < -0.3 is 9.73 Å². The number of aryl methyl sites for hydroxylation is 1. The van der Waals surface area contributed by atoms with Crippen molar-refractivity contribution in [2.24, 2.45) is 14.1 Å². The average Bonchev–Trinajstić information content (AvgIpc) is 2.89. The highest BCUT2D eigenvalue weighted by Crippen LogP contribution is 2.21. The van der Waals surface area contributed by atoms with E-state index in [1.54, 1.807) is 6.07 Å². The number of nitrogens with zero attached hydrogens (tertiary/aromatic N) is 3. The third kappa shape index (κ3) is 2.48. The van der Waals surface area contributed by atoms with Crippen LogP contribution in [0.1, 0.15) is 30.0 Å². The number of hydrogen-bond acceptors (Lipinski definition) is 5. The van der Waals surface area contributed by atoms with Gasteiger partial charge in [0.15, 0.2) is 5.56 Å². The second kappa shape index (κ2) is 5.32. The van der Waals surface area contributed by atoms with Gasteiger partial charge in [0.2, 0.25) is 0 Å². The van der Waals surface area contributed by atoms with Crippen molar-refractivity contribution in [3.05, 3.63) is 50.1 Å². The molecule has 0 amide bonds. The fourth-order valence-corrected chi connectivity index (χ4v) is 2.08. The fourth-order valence-electron chi connectivity index (χ4n) is 2.08. The van der Waals surface area contributed by atoms with Crippen LogP contribution in [-0.2, 0) is 14.1 Å². The molecule has 0 spiro atoms. The minimum Gasteiger partial charge on any atom is -0.464 e. The summed E-state index contributed by atoms with van der Waals surface area (Å²) in [4.78, 5) is 23.9. The highest BCUT2D eigenvalue weighted by Gasteiger charge is 2.18. The Bertz CT molecular complexity index is 835. The molecule has 1 N–H and O–H groups in total. The van der Waals surface area contributed by atoms with Gasteiger partial charge in [-0.2, -0.15) is 5.26 Å². The molecule has 0 saturated carbocycles. The first-order valence-electron chi connectivity index (χ1n) is 6.39. The van der Waals surface area contributed by atoms with Crippen LogP contribution in [0.15, 0.2) is 26.1 Å². The van der Waals surface area contributed by atoms with Gasteiger partial charge in [0, 0.05) is 14.1 Å². The molecular weight excluding hydrogens is 272 g/mol. The molecule has 21 heavy (non-hydrogen) atoms. The predicted molar refractivity (Wildman–Crippen MR) is 77.1 cm³/mol. The van der Waals surface area contributed by atoms with Crippen molar-refractivity contribution in [2.75, 3.05) is 5.32 Å². The third-order valence-corrected chi connectivity index (χ3v) is 3.32. The van der Waals surface area contributed by atoms with E-state index in [9.17, 15) is 14.9 Å². The van der Waals surface area contributed by atoms with E-state index in [1.807, 2.05) is 26.0 Å². The van der Waals surface area contributed by atoms with Crippen LogP contribution in [-0.4, -0.2) is 9.13 Å². The average molecular weight is 288 g/mol. The lowest BCUT2D eigenvalue weighted by Gasteiger charge is -2.17. The molecule has 0 unspecified atom stereocenters. The Morgan fingerprint density at radius 2 is 1.95 bits per heavy atom. The van der Waals surface area contributed by atoms with E-state index in [1.165, 1.54) is 18.7 Å². The van der Waals surface area contributed by atoms with Gasteiger partial charge in [-0.3, -0.25) is 13.9 Å². The quantitative estimate of drug-likeness (QED) is 0.910. The first kappa shape index (κ1) is 14.7. The zero-order valence-electron chi connectivity index (χ0n) is 12.3. The molecule has 0 aliphatic heterocycles. The molecule has 110 valence electrons. The Morgan fingerprint density at radius 3 is 2.48 bits per heavy atom. The number of nitrogens with one attached hydrogen (secondary N) is 1. The van der Waals surface area contributed by atoms with Crippen LogP contribution in [0.2, 0.25) is 0 Å². The summed E-state index contributed by atoms with van der Waals surface area (Å²) >= 11 is 0. The minimum absolute atomic E-state index is 0.102. The van der Waals surface area contributed by atoms with Crippen molar-refractivity contribution in [2.45, 2.75) is 19.9 Å². The number of nitriles is 1. The molecule has 0 bridgehead atoms. The summed E-state index contributed by atoms with van der Waals surface area (Å²) in [6.45, 7) is 3.65. The van der Waals surface area contributed by atoms with Crippen molar-refractivity contribution in [3.8, 4) is 6.07 Å². The molecule has 7 heteroatoms. The first-order chi connectivity index (χ1) is 9.86. The highest BCUT2D eigenvalue weighted by atomic mass is 16.3. The number of aromatic nitrogens is 2. The second-order valence-electron chi connectivity index (χ2n) is 4.86. The first-order valence-corrected chi connectivity index (χ1v) is 6.39. The SMILES string of the molecule is Cc1ccc([C@H](C)Nc2c(C#N)c(=O)n(C)c(=O)n2C)o1. The predicted octanol–water partition coefficient (Wildman–Crippen LogP) is 1.03. The van der Waals surface area contributed by atoms with Crippen LogP contribution in [0, 0.1) is 18.3 Å². The Morgan fingerprint density at radius 1 is 1.29 bits per heavy atom. The summed E-state index contributed by atoms with van der Waals surface area (Å²) in [6, 6.07) is 5.19. The maximum atomic E-state index is 12.0. The molecule has 2 rings (SSSR count). The monoisotopic (exact) mass is 288 g/mol. The van der Waals surface area contributed by atoms with E-state index in [2.05, 4.69) is 5.32 Å². The molecule has 0 aliphatic carbocycles. The Balaban J connectivity index is 2.52. The summed E-state index contributed by atoms with van der Waals surface area (Å²) in [5, 5.41) is 12.2. The maximum Gasteiger partial charge on any atom is 0.332 e. The Kier molecular flexibility index (Phi) is 3.72. The van der Waals surface area contributed by atoms with Gasteiger partial charge >= 0.3 is 5.69 Å². The van der Waals surface area contributed by atoms with E-state index in [0.29, 0.717) is 5.76 Å². The molecule has 0 fully saturated rings. The smallest absolute Gasteiger partial charge is 0.332 e. The summed E-state index contributed by atoms with van der Waals surface area (Å²) < 4.78 is 7.65. The number of furan rings is 1. The van der Waals surface area contributed by atoms with E-state index in [4.69, 9.17) is 4.42 Å². The molecule has 2 heterocycles. The third-order valence-electron chi connectivity index (χ3n) is 3.32. The van der Waals surface area contributed by atoms with E-state index < -0.39 is 11.2 Å². The Labute approximate surface area is 121 Å². The van der Waals surface area contributed by atoms with Gasteiger partial charge in [0.25, 0.3) is 5.56 Å². The van der Waals surface area contributed by atoms with Crippen molar-refractivity contribution in [3.63, 3.8) is 0 Å². The molecule has 0 aliphatic rings. The van der Waals surface area contributed by atoms with Crippen molar-refractivity contribution < 1.29 is 4.42 Å². The topological polar surface area (TPSA) is 93.0 Å². The van der Waals surface area contributed by atoms with Gasteiger partial charge in [-0.25, -0.2) is 4.79 Å². The standard InChI is InChI=1S/C14H16N4O3/c1-8-5-6-11(21-8)9(2)16-12-10(7-15)13(19)18(4)14(20)17(12)3/h5-6,9,16H,1-4H3/t9-/m0/s1. The van der Waals surface area contributed by atoms with Crippen LogP contribution in [0.5, 0.6) is 0 Å². The molecule has 1 atom stereocenters. The molecule has 2 aromatic heterocycles. The largest absolute Gasteiger partial charge is 0.464 e. The minimum atomic E-state index is -0.620. The van der Waals surface area contributed by atoms with E-state index in [-0.39, 0.29) is 17.4 Å².